The Kier molecular flexibility index (Phi) is 5.56. The molecule has 2 aromatic rings. The second-order valence-electron chi connectivity index (χ2n) is 6.24. The monoisotopic (exact) mass is 408 g/mol. The van der Waals surface area contributed by atoms with Gasteiger partial charge in [-0.2, -0.15) is 0 Å². The van der Waals surface area contributed by atoms with Gasteiger partial charge in [-0.05, 0) is 37.6 Å². The quantitative estimate of drug-likeness (QED) is 0.785. The maximum atomic E-state index is 12.6. The van der Waals surface area contributed by atoms with Gasteiger partial charge in [0.25, 0.3) is 5.91 Å². The lowest BCUT2D eigenvalue weighted by Gasteiger charge is -2.32. The van der Waals surface area contributed by atoms with Crippen molar-refractivity contribution in [1.82, 2.24) is 10.2 Å². The standard InChI is InChI=1S/C18H21BrN2O4/c1-11(21-5-7-24-8-6-21)10-20-17(22)16-12(2)14-9-13(19)3-4-15(14)25-18(16)23/h3-4,9,11H,5-8,10H2,1-2H3,(H,20,22). The Morgan fingerprint density at radius 2 is 2.08 bits per heavy atom. The number of hydrogen-bond acceptors (Lipinski definition) is 5. The van der Waals surface area contributed by atoms with Gasteiger partial charge in [-0.3, -0.25) is 9.69 Å². The van der Waals surface area contributed by atoms with Crippen molar-refractivity contribution >= 4 is 32.8 Å². The Morgan fingerprint density at radius 1 is 1.36 bits per heavy atom. The van der Waals surface area contributed by atoms with Gasteiger partial charge >= 0.3 is 5.63 Å². The van der Waals surface area contributed by atoms with Crippen molar-refractivity contribution in [2.24, 2.45) is 0 Å². The number of morpholine rings is 1. The molecular formula is C18H21BrN2O4. The van der Waals surface area contributed by atoms with Gasteiger partial charge in [0.05, 0.1) is 13.2 Å². The largest absolute Gasteiger partial charge is 0.422 e. The number of carbonyl (C=O) groups is 1. The summed E-state index contributed by atoms with van der Waals surface area (Å²) in [5, 5.41) is 3.61. The van der Waals surface area contributed by atoms with Gasteiger partial charge in [0.2, 0.25) is 0 Å². The van der Waals surface area contributed by atoms with E-state index in [1.165, 1.54) is 0 Å². The van der Waals surface area contributed by atoms with Crippen LogP contribution in [0.1, 0.15) is 22.8 Å². The van der Waals surface area contributed by atoms with E-state index in [9.17, 15) is 9.59 Å². The number of amides is 1. The average Bonchev–Trinajstić information content (AvgIpc) is 2.61. The number of nitrogens with zero attached hydrogens (tertiary/aromatic N) is 1. The summed E-state index contributed by atoms with van der Waals surface area (Å²) in [4.78, 5) is 27.1. The third-order valence-electron chi connectivity index (χ3n) is 4.58. The Hall–Kier alpha value is -1.70. The molecule has 7 heteroatoms. The minimum absolute atomic E-state index is 0.0692. The molecule has 0 saturated carbocycles. The van der Waals surface area contributed by atoms with Gasteiger partial charge < -0.3 is 14.5 Å². The molecule has 1 saturated heterocycles. The second kappa shape index (κ2) is 7.68. The van der Waals surface area contributed by atoms with Crippen LogP contribution in [0.4, 0.5) is 0 Å². The first-order chi connectivity index (χ1) is 12.0. The van der Waals surface area contributed by atoms with Gasteiger partial charge in [0, 0.05) is 35.5 Å². The van der Waals surface area contributed by atoms with Crippen molar-refractivity contribution in [3.63, 3.8) is 0 Å². The predicted octanol–water partition coefficient (Wildman–Crippen LogP) is 2.31. The first-order valence-corrected chi connectivity index (χ1v) is 9.09. The molecule has 0 radical (unpaired) electrons. The number of rotatable bonds is 4. The molecule has 6 nitrogen and oxygen atoms in total. The predicted molar refractivity (Wildman–Crippen MR) is 99.1 cm³/mol. The van der Waals surface area contributed by atoms with Crippen LogP contribution in [0.3, 0.4) is 0 Å². The molecule has 1 aliphatic heterocycles. The van der Waals surface area contributed by atoms with E-state index in [2.05, 4.69) is 33.1 Å². The number of hydrogen-bond donors (Lipinski definition) is 1. The molecule has 0 spiro atoms. The summed E-state index contributed by atoms with van der Waals surface area (Å²) in [6.45, 7) is 7.41. The van der Waals surface area contributed by atoms with Crippen LogP contribution in [0.15, 0.2) is 31.9 Å². The smallest absolute Gasteiger partial charge is 0.349 e. The lowest BCUT2D eigenvalue weighted by Crippen LogP contribution is -2.47. The molecule has 25 heavy (non-hydrogen) atoms. The first-order valence-electron chi connectivity index (χ1n) is 8.30. The minimum atomic E-state index is -0.608. The molecule has 0 aliphatic carbocycles. The van der Waals surface area contributed by atoms with Gasteiger partial charge in [-0.15, -0.1) is 0 Å². The molecule has 1 amide bonds. The summed E-state index contributed by atoms with van der Waals surface area (Å²) < 4.78 is 11.5. The molecule has 1 fully saturated rings. The number of carbonyl (C=O) groups excluding carboxylic acids is 1. The van der Waals surface area contributed by atoms with Gasteiger partial charge in [-0.25, -0.2) is 4.79 Å². The summed E-state index contributed by atoms with van der Waals surface area (Å²) >= 11 is 3.40. The Bertz CT molecular complexity index is 843. The highest BCUT2D eigenvalue weighted by molar-refractivity contribution is 9.10. The highest BCUT2D eigenvalue weighted by Crippen LogP contribution is 2.23. The zero-order valence-electron chi connectivity index (χ0n) is 14.3. The average molecular weight is 409 g/mol. The van der Waals surface area contributed by atoms with E-state index in [-0.39, 0.29) is 11.6 Å². The molecule has 1 atom stereocenters. The van der Waals surface area contributed by atoms with E-state index in [0.29, 0.717) is 30.9 Å². The summed E-state index contributed by atoms with van der Waals surface area (Å²) in [7, 11) is 0. The fourth-order valence-electron chi connectivity index (χ4n) is 3.06. The van der Waals surface area contributed by atoms with Crippen molar-refractivity contribution in [3.8, 4) is 0 Å². The molecule has 0 bridgehead atoms. The van der Waals surface area contributed by atoms with Crippen molar-refractivity contribution in [2.45, 2.75) is 19.9 Å². The van der Waals surface area contributed by atoms with E-state index in [1.807, 2.05) is 6.07 Å². The molecule has 1 N–H and O–H groups in total. The SMILES string of the molecule is Cc1c(C(=O)NCC(C)N2CCOCC2)c(=O)oc2ccc(Br)cc12. The number of aryl methyl sites for hydroxylation is 1. The lowest BCUT2D eigenvalue weighted by molar-refractivity contribution is 0.0204. The summed E-state index contributed by atoms with van der Waals surface area (Å²) in [6, 6.07) is 5.54. The lowest BCUT2D eigenvalue weighted by atomic mass is 10.1. The van der Waals surface area contributed by atoms with Crippen molar-refractivity contribution in [3.05, 3.63) is 44.2 Å². The zero-order chi connectivity index (χ0) is 18.0. The van der Waals surface area contributed by atoms with E-state index in [4.69, 9.17) is 9.15 Å². The van der Waals surface area contributed by atoms with Crippen LogP contribution >= 0.6 is 15.9 Å². The number of benzene rings is 1. The molecule has 134 valence electrons. The molecular weight excluding hydrogens is 388 g/mol. The Labute approximate surface area is 154 Å². The third kappa shape index (κ3) is 3.94. The van der Waals surface area contributed by atoms with E-state index < -0.39 is 11.5 Å². The highest BCUT2D eigenvalue weighted by Gasteiger charge is 2.21. The highest BCUT2D eigenvalue weighted by atomic mass is 79.9. The number of halogens is 1. The summed E-state index contributed by atoms with van der Waals surface area (Å²) in [5.74, 6) is -0.395. The number of ether oxygens (including phenoxy) is 1. The molecule has 1 aromatic heterocycles. The Balaban J connectivity index is 1.78. The number of fused-ring (bicyclic) bond motifs is 1. The van der Waals surface area contributed by atoms with Gasteiger partial charge in [-0.1, -0.05) is 15.9 Å². The van der Waals surface area contributed by atoms with Crippen LogP contribution in [0.2, 0.25) is 0 Å². The van der Waals surface area contributed by atoms with Gasteiger partial charge in [0.1, 0.15) is 11.1 Å². The second-order valence-corrected chi connectivity index (χ2v) is 7.15. The maximum absolute atomic E-state index is 12.6. The minimum Gasteiger partial charge on any atom is -0.422 e. The third-order valence-corrected chi connectivity index (χ3v) is 5.07. The fraction of sp³-hybridized carbons (Fsp3) is 0.444. The van der Waals surface area contributed by atoms with E-state index in [0.717, 1.165) is 22.9 Å². The van der Waals surface area contributed by atoms with E-state index in [1.54, 1.807) is 19.1 Å². The fourth-order valence-corrected chi connectivity index (χ4v) is 3.42. The maximum Gasteiger partial charge on any atom is 0.349 e. The van der Waals surface area contributed by atoms with Crippen molar-refractivity contribution in [1.29, 1.82) is 0 Å². The van der Waals surface area contributed by atoms with Crippen LogP contribution in [0.25, 0.3) is 11.0 Å². The van der Waals surface area contributed by atoms with Crippen LogP contribution in [0.5, 0.6) is 0 Å². The normalized spacial score (nSPS) is 16.8. The van der Waals surface area contributed by atoms with Crippen molar-refractivity contribution < 1.29 is 13.9 Å². The van der Waals surface area contributed by atoms with Crippen LogP contribution in [-0.2, 0) is 4.74 Å². The molecule has 3 rings (SSSR count). The van der Waals surface area contributed by atoms with Gasteiger partial charge in [0.15, 0.2) is 0 Å². The zero-order valence-corrected chi connectivity index (χ0v) is 15.9. The van der Waals surface area contributed by atoms with Crippen LogP contribution in [-0.4, -0.2) is 49.7 Å². The van der Waals surface area contributed by atoms with Crippen LogP contribution < -0.4 is 10.9 Å². The number of nitrogens with one attached hydrogen (secondary N) is 1. The summed E-state index contributed by atoms with van der Waals surface area (Å²) in [6.07, 6.45) is 0. The molecule has 1 aromatic carbocycles. The molecule has 2 heterocycles. The first kappa shape index (κ1) is 18.1. The molecule has 1 unspecified atom stereocenters. The summed E-state index contributed by atoms with van der Waals surface area (Å²) in [5.41, 5.74) is 0.566. The Morgan fingerprint density at radius 3 is 2.80 bits per heavy atom. The molecule has 1 aliphatic rings. The van der Waals surface area contributed by atoms with Crippen LogP contribution in [0, 0.1) is 6.92 Å². The van der Waals surface area contributed by atoms with E-state index >= 15 is 0 Å². The van der Waals surface area contributed by atoms with Crippen molar-refractivity contribution in [2.75, 3.05) is 32.8 Å². The topological polar surface area (TPSA) is 71.8 Å².